The minimum Gasteiger partial charge on any atom is -0.289 e. The number of carbonyl (C=O) groups is 1. The largest absolute Gasteiger partial charge is 0.289 e. The predicted molar refractivity (Wildman–Crippen MR) is 103 cm³/mol. The molecule has 0 saturated carbocycles. The quantitative estimate of drug-likeness (QED) is 0.619. The third-order valence-electron chi connectivity index (χ3n) is 4.97. The standard InChI is InChI=1S/C23H30O/c1-8-16-10-12-17(13-11-16)18-14-19(22(3,4)5)21(24)20(15-18)23(6,7)9-2/h9-15,18H,2,8H2,1,3-7H3. The fourth-order valence-electron chi connectivity index (χ4n) is 3.08. The van der Waals surface area contributed by atoms with Gasteiger partial charge < -0.3 is 0 Å². The van der Waals surface area contributed by atoms with Crippen molar-refractivity contribution in [3.8, 4) is 0 Å². The number of rotatable bonds is 4. The van der Waals surface area contributed by atoms with Gasteiger partial charge in [-0.2, -0.15) is 0 Å². The van der Waals surface area contributed by atoms with Crippen LogP contribution < -0.4 is 0 Å². The van der Waals surface area contributed by atoms with E-state index < -0.39 is 0 Å². The molecule has 0 spiro atoms. The molecule has 1 aromatic rings. The van der Waals surface area contributed by atoms with Gasteiger partial charge in [0.25, 0.3) is 0 Å². The van der Waals surface area contributed by atoms with Crippen molar-refractivity contribution in [1.29, 1.82) is 0 Å². The first-order chi connectivity index (χ1) is 11.1. The van der Waals surface area contributed by atoms with Crippen LogP contribution in [0.2, 0.25) is 0 Å². The van der Waals surface area contributed by atoms with Gasteiger partial charge in [0, 0.05) is 22.5 Å². The zero-order valence-corrected chi connectivity index (χ0v) is 15.9. The van der Waals surface area contributed by atoms with Crippen LogP contribution in [0.4, 0.5) is 0 Å². The lowest BCUT2D eigenvalue weighted by atomic mass is 9.69. The molecule has 1 unspecified atom stereocenters. The van der Waals surface area contributed by atoms with Crippen molar-refractivity contribution in [2.75, 3.05) is 0 Å². The second-order valence-corrected chi connectivity index (χ2v) is 8.29. The van der Waals surface area contributed by atoms with E-state index in [4.69, 9.17) is 0 Å². The van der Waals surface area contributed by atoms with E-state index in [0.29, 0.717) is 0 Å². The molecule has 1 heteroatoms. The van der Waals surface area contributed by atoms with E-state index in [2.05, 4.69) is 84.5 Å². The van der Waals surface area contributed by atoms with Gasteiger partial charge in [0.1, 0.15) is 0 Å². The summed E-state index contributed by atoms with van der Waals surface area (Å²) in [6.07, 6.45) is 7.18. The lowest BCUT2D eigenvalue weighted by Gasteiger charge is -2.33. The zero-order valence-electron chi connectivity index (χ0n) is 15.9. The van der Waals surface area contributed by atoms with Crippen molar-refractivity contribution in [2.45, 2.75) is 53.9 Å². The lowest BCUT2D eigenvalue weighted by molar-refractivity contribution is -0.114. The lowest BCUT2D eigenvalue weighted by Crippen LogP contribution is -2.29. The van der Waals surface area contributed by atoms with Crippen LogP contribution in [-0.4, -0.2) is 5.78 Å². The highest BCUT2D eigenvalue weighted by Crippen LogP contribution is 2.42. The number of carbonyl (C=O) groups excluding carboxylic acids is 1. The Morgan fingerprint density at radius 1 is 1.00 bits per heavy atom. The Bertz CT molecular complexity index is 691. The molecule has 1 aromatic carbocycles. The maximum Gasteiger partial charge on any atom is 0.185 e. The van der Waals surface area contributed by atoms with Gasteiger partial charge in [-0.15, -0.1) is 6.58 Å². The van der Waals surface area contributed by atoms with Crippen molar-refractivity contribution in [1.82, 2.24) is 0 Å². The van der Waals surface area contributed by atoms with Gasteiger partial charge in [-0.3, -0.25) is 4.79 Å². The molecule has 0 radical (unpaired) electrons. The fourth-order valence-corrected chi connectivity index (χ4v) is 3.08. The summed E-state index contributed by atoms with van der Waals surface area (Å²) in [6, 6.07) is 8.74. The van der Waals surface area contributed by atoms with Gasteiger partial charge >= 0.3 is 0 Å². The third-order valence-corrected chi connectivity index (χ3v) is 4.97. The molecule has 1 nitrogen and oxygen atoms in total. The Morgan fingerprint density at radius 2 is 1.54 bits per heavy atom. The van der Waals surface area contributed by atoms with E-state index in [0.717, 1.165) is 17.6 Å². The molecule has 24 heavy (non-hydrogen) atoms. The number of ketones is 1. The van der Waals surface area contributed by atoms with E-state index in [9.17, 15) is 4.79 Å². The molecule has 0 amide bonds. The Labute approximate surface area is 147 Å². The number of benzene rings is 1. The summed E-state index contributed by atoms with van der Waals surface area (Å²) in [7, 11) is 0. The molecule has 2 rings (SSSR count). The van der Waals surface area contributed by atoms with Crippen LogP contribution in [0.1, 0.15) is 58.6 Å². The minimum atomic E-state index is -0.330. The first-order valence-electron chi connectivity index (χ1n) is 8.82. The Morgan fingerprint density at radius 3 is 2.00 bits per heavy atom. The number of aryl methyl sites for hydroxylation is 1. The van der Waals surface area contributed by atoms with Crippen LogP contribution >= 0.6 is 0 Å². The average Bonchev–Trinajstić information content (AvgIpc) is 2.54. The molecule has 0 aliphatic heterocycles. The first kappa shape index (κ1) is 18.4. The predicted octanol–water partition coefficient (Wildman–Crippen LogP) is 6.03. The number of hydrogen-bond donors (Lipinski definition) is 0. The van der Waals surface area contributed by atoms with E-state index in [1.807, 2.05) is 6.08 Å². The number of hydrogen-bond acceptors (Lipinski definition) is 1. The number of allylic oxidation sites excluding steroid dienone is 5. The first-order valence-corrected chi connectivity index (χ1v) is 8.82. The van der Waals surface area contributed by atoms with Crippen molar-refractivity contribution < 1.29 is 4.79 Å². The van der Waals surface area contributed by atoms with Crippen LogP contribution in [-0.2, 0) is 11.2 Å². The molecule has 1 aliphatic rings. The highest BCUT2D eigenvalue weighted by Gasteiger charge is 2.36. The molecule has 1 atom stereocenters. The molecular weight excluding hydrogens is 292 g/mol. The molecule has 0 N–H and O–H groups in total. The monoisotopic (exact) mass is 322 g/mol. The van der Waals surface area contributed by atoms with Crippen molar-refractivity contribution in [2.24, 2.45) is 10.8 Å². The van der Waals surface area contributed by atoms with Crippen molar-refractivity contribution in [3.63, 3.8) is 0 Å². The van der Waals surface area contributed by atoms with E-state index >= 15 is 0 Å². The van der Waals surface area contributed by atoms with Crippen LogP contribution in [0.3, 0.4) is 0 Å². The van der Waals surface area contributed by atoms with Gasteiger partial charge in [0.15, 0.2) is 5.78 Å². The Hall–Kier alpha value is -1.89. The van der Waals surface area contributed by atoms with Crippen molar-refractivity contribution >= 4 is 5.78 Å². The van der Waals surface area contributed by atoms with Crippen LogP contribution in [0.5, 0.6) is 0 Å². The molecule has 0 aromatic heterocycles. The molecule has 0 bridgehead atoms. The molecule has 1 aliphatic carbocycles. The molecule has 0 fully saturated rings. The minimum absolute atomic E-state index is 0.136. The highest BCUT2D eigenvalue weighted by molar-refractivity contribution is 6.11. The summed E-state index contributed by atoms with van der Waals surface area (Å²) in [5, 5.41) is 0. The Kier molecular flexibility index (Phi) is 5.03. The summed E-state index contributed by atoms with van der Waals surface area (Å²) in [4.78, 5) is 13.1. The fraction of sp³-hybridized carbons (Fsp3) is 0.435. The summed E-state index contributed by atoms with van der Waals surface area (Å²) < 4.78 is 0. The summed E-state index contributed by atoms with van der Waals surface area (Å²) in [5.41, 5.74) is 3.83. The maximum atomic E-state index is 13.1. The normalized spacial score (nSPS) is 18.9. The van der Waals surface area contributed by atoms with Gasteiger partial charge in [0.05, 0.1) is 0 Å². The summed E-state index contributed by atoms with van der Waals surface area (Å²) >= 11 is 0. The highest BCUT2D eigenvalue weighted by atomic mass is 16.1. The molecule has 0 saturated heterocycles. The molecule has 0 heterocycles. The van der Waals surface area contributed by atoms with Crippen LogP contribution in [0.15, 0.2) is 60.2 Å². The van der Waals surface area contributed by atoms with Gasteiger partial charge in [0.2, 0.25) is 0 Å². The second-order valence-electron chi connectivity index (χ2n) is 8.29. The van der Waals surface area contributed by atoms with E-state index in [-0.39, 0.29) is 22.5 Å². The van der Waals surface area contributed by atoms with Crippen LogP contribution in [0, 0.1) is 10.8 Å². The van der Waals surface area contributed by atoms with Gasteiger partial charge in [-0.05, 0) is 23.0 Å². The number of Topliss-reactive ketones (excluding diaryl/α,β-unsaturated/α-hetero) is 1. The SMILES string of the molecule is C=CC(C)(C)C1=CC(c2ccc(CC)cc2)C=C(C(C)(C)C)C1=O. The smallest absolute Gasteiger partial charge is 0.185 e. The second kappa shape index (κ2) is 6.55. The average molecular weight is 322 g/mol. The van der Waals surface area contributed by atoms with E-state index in [1.54, 1.807) is 0 Å². The van der Waals surface area contributed by atoms with E-state index in [1.165, 1.54) is 11.1 Å². The summed E-state index contributed by atoms with van der Waals surface area (Å²) in [5.74, 6) is 0.297. The van der Waals surface area contributed by atoms with Gasteiger partial charge in [-0.1, -0.05) is 84.0 Å². The maximum absolute atomic E-state index is 13.1. The summed E-state index contributed by atoms with van der Waals surface area (Å²) in [6.45, 7) is 16.6. The molecule has 128 valence electrons. The zero-order chi connectivity index (χ0) is 18.1. The van der Waals surface area contributed by atoms with Crippen molar-refractivity contribution in [3.05, 3.63) is 71.3 Å². The third kappa shape index (κ3) is 3.61. The topological polar surface area (TPSA) is 17.1 Å². The Balaban J connectivity index is 2.56. The van der Waals surface area contributed by atoms with Crippen LogP contribution in [0.25, 0.3) is 0 Å². The van der Waals surface area contributed by atoms with Gasteiger partial charge in [-0.25, -0.2) is 0 Å². The molecular formula is C23H30O.